The molecule has 0 amide bonds. The van der Waals surface area contributed by atoms with Gasteiger partial charge in [-0.3, -0.25) is 0 Å². The van der Waals surface area contributed by atoms with E-state index >= 15 is 0 Å². The molecule has 6 atom stereocenters. The molecule has 3 heteroatoms. The molecular weight excluding hydrogens is 246 g/mol. The molecule has 0 spiro atoms. The topological polar surface area (TPSA) is 12.4 Å². The summed E-state index contributed by atoms with van der Waals surface area (Å²) in [5.41, 5.74) is 0. The molecule has 4 saturated carbocycles. The van der Waals surface area contributed by atoms with Gasteiger partial charge in [0, 0.05) is 10.1 Å². The number of isothiocyanates is 1. The Morgan fingerprint density at radius 3 is 2.71 bits per heavy atom. The number of hydrogen-bond donors (Lipinski definition) is 0. The molecule has 1 aromatic rings. The fourth-order valence-corrected chi connectivity index (χ4v) is 5.84. The highest BCUT2D eigenvalue weighted by Gasteiger charge is 2.73. The lowest BCUT2D eigenvalue weighted by atomic mass is 10.1. The summed E-state index contributed by atoms with van der Waals surface area (Å²) < 4.78 is 0. The Labute approximate surface area is 111 Å². The van der Waals surface area contributed by atoms with E-state index < -0.39 is 0 Å². The zero-order valence-corrected chi connectivity index (χ0v) is 11.0. The molecule has 0 N–H and O–H groups in total. The molecule has 86 valence electrons. The number of thiocarbonyl (C=S) groups is 1. The van der Waals surface area contributed by atoms with Gasteiger partial charge >= 0.3 is 0 Å². The lowest BCUT2D eigenvalue weighted by Crippen LogP contribution is -2.16. The second-order valence-electron chi connectivity index (χ2n) is 5.32. The van der Waals surface area contributed by atoms with E-state index in [9.17, 15) is 0 Å². The molecule has 0 radical (unpaired) electrons. The van der Waals surface area contributed by atoms with E-state index in [0.717, 1.165) is 28.9 Å². The molecule has 4 fully saturated rings. The normalized spacial score (nSPS) is 44.5. The third kappa shape index (κ3) is 1.40. The van der Waals surface area contributed by atoms with E-state index in [1.165, 1.54) is 11.3 Å². The fraction of sp³-hybridized carbons (Fsp3) is 0.500. The first-order chi connectivity index (χ1) is 8.40. The van der Waals surface area contributed by atoms with E-state index in [0.29, 0.717) is 6.04 Å². The molecular formula is C14H13NS2. The van der Waals surface area contributed by atoms with Crippen LogP contribution in [0.1, 0.15) is 6.42 Å². The van der Waals surface area contributed by atoms with Crippen molar-refractivity contribution in [1.82, 2.24) is 0 Å². The fourth-order valence-electron chi connectivity index (χ4n) is 4.10. The highest BCUT2D eigenvalue weighted by atomic mass is 32.2. The molecule has 4 aliphatic rings. The quantitative estimate of drug-likeness (QED) is 0.608. The first kappa shape index (κ1) is 10.3. The number of hydrogen-bond acceptors (Lipinski definition) is 3. The standard InChI is InChI=1S/C14H13NS2/c16-7-15-13-10-6-9-11(13)12(9)14(10)17-8-4-2-1-3-5-8/h1-5,9-14H,6H2. The van der Waals surface area contributed by atoms with Gasteiger partial charge in [0.2, 0.25) is 0 Å². The summed E-state index contributed by atoms with van der Waals surface area (Å²) in [7, 11) is 0. The van der Waals surface area contributed by atoms with Crippen LogP contribution in [0.15, 0.2) is 40.2 Å². The van der Waals surface area contributed by atoms with Gasteiger partial charge < -0.3 is 0 Å². The van der Waals surface area contributed by atoms with E-state index in [-0.39, 0.29) is 0 Å². The van der Waals surface area contributed by atoms with Gasteiger partial charge in [0.15, 0.2) is 0 Å². The number of rotatable bonds is 3. The van der Waals surface area contributed by atoms with E-state index in [2.05, 4.69) is 52.2 Å². The molecule has 4 bridgehead atoms. The summed E-state index contributed by atoms with van der Waals surface area (Å²) in [6, 6.07) is 11.3. The zero-order chi connectivity index (χ0) is 11.4. The number of aliphatic imine (C=N–C) groups is 1. The Kier molecular flexibility index (Phi) is 2.23. The molecule has 5 rings (SSSR count). The third-order valence-corrected chi connectivity index (χ3v) is 6.27. The van der Waals surface area contributed by atoms with Crippen LogP contribution in [0.4, 0.5) is 0 Å². The summed E-state index contributed by atoms with van der Waals surface area (Å²) >= 11 is 6.84. The maximum Gasteiger partial charge on any atom is 0.0675 e. The van der Waals surface area contributed by atoms with Gasteiger partial charge in [0.1, 0.15) is 0 Å². The van der Waals surface area contributed by atoms with Crippen LogP contribution in [-0.4, -0.2) is 16.5 Å². The van der Waals surface area contributed by atoms with Crippen LogP contribution in [-0.2, 0) is 0 Å². The van der Waals surface area contributed by atoms with Gasteiger partial charge in [-0.2, -0.15) is 0 Å². The van der Waals surface area contributed by atoms with Crippen LogP contribution in [0.25, 0.3) is 0 Å². The second-order valence-corrected chi connectivity index (χ2v) is 6.76. The predicted octanol–water partition coefficient (Wildman–Crippen LogP) is 3.51. The Balaban J connectivity index is 1.57. The summed E-state index contributed by atoms with van der Waals surface area (Å²) in [5, 5.41) is 3.39. The molecule has 0 heterocycles. The Morgan fingerprint density at radius 1 is 1.18 bits per heavy atom. The SMILES string of the molecule is S=C=NC1C2CC3C1C3C2Sc1ccccc1. The maximum atomic E-state index is 4.78. The van der Waals surface area contributed by atoms with Crippen LogP contribution in [0, 0.1) is 23.7 Å². The average molecular weight is 259 g/mol. The Morgan fingerprint density at radius 2 is 2.00 bits per heavy atom. The largest absolute Gasteiger partial charge is 0.229 e. The Bertz CT molecular complexity index is 494. The molecule has 17 heavy (non-hydrogen) atoms. The minimum atomic E-state index is 0.503. The van der Waals surface area contributed by atoms with Gasteiger partial charge in [-0.1, -0.05) is 18.2 Å². The zero-order valence-electron chi connectivity index (χ0n) is 9.32. The number of nitrogens with zero attached hydrogens (tertiary/aromatic N) is 1. The highest BCUT2D eigenvalue weighted by molar-refractivity contribution is 8.00. The third-order valence-electron chi connectivity index (χ3n) is 4.69. The molecule has 4 aliphatic carbocycles. The van der Waals surface area contributed by atoms with Gasteiger partial charge in [0.05, 0.1) is 11.2 Å². The minimum Gasteiger partial charge on any atom is -0.229 e. The summed E-state index contributed by atoms with van der Waals surface area (Å²) in [6.07, 6.45) is 1.38. The van der Waals surface area contributed by atoms with Crippen molar-refractivity contribution < 1.29 is 0 Å². The molecule has 1 nitrogen and oxygen atoms in total. The van der Waals surface area contributed by atoms with Crippen molar-refractivity contribution >= 4 is 29.1 Å². The van der Waals surface area contributed by atoms with Crippen molar-refractivity contribution in [2.45, 2.75) is 22.6 Å². The highest BCUT2D eigenvalue weighted by Crippen LogP contribution is 2.74. The van der Waals surface area contributed by atoms with Crippen LogP contribution in [0.5, 0.6) is 0 Å². The van der Waals surface area contributed by atoms with E-state index in [1.807, 2.05) is 0 Å². The van der Waals surface area contributed by atoms with Crippen LogP contribution >= 0.6 is 24.0 Å². The van der Waals surface area contributed by atoms with E-state index in [1.54, 1.807) is 0 Å². The monoisotopic (exact) mass is 259 g/mol. The van der Waals surface area contributed by atoms with E-state index in [4.69, 9.17) is 12.2 Å². The van der Waals surface area contributed by atoms with Crippen molar-refractivity contribution in [3.8, 4) is 0 Å². The summed E-state index contributed by atoms with van der Waals surface area (Å²) in [5.74, 6) is 3.48. The predicted molar refractivity (Wildman–Crippen MR) is 73.5 cm³/mol. The number of benzene rings is 1. The maximum absolute atomic E-state index is 4.78. The van der Waals surface area contributed by atoms with Gasteiger partial charge in [-0.05, 0) is 54.4 Å². The van der Waals surface area contributed by atoms with Crippen LogP contribution in [0.2, 0.25) is 0 Å². The van der Waals surface area contributed by atoms with Crippen molar-refractivity contribution in [3.63, 3.8) is 0 Å². The molecule has 0 aliphatic heterocycles. The molecule has 1 aromatic carbocycles. The summed E-state index contributed by atoms with van der Waals surface area (Å²) in [6.45, 7) is 0. The molecule has 0 aromatic heterocycles. The van der Waals surface area contributed by atoms with Crippen LogP contribution in [0.3, 0.4) is 0 Å². The van der Waals surface area contributed by atoms with Gasteiger partial charge in [0.25, 0.3) is 0 Å². The minimum absolute atomic E-state index is 0.503. The number of thioether (sulfide) groups is 1. The average Bonchev–Trinajstić information content (AvgIpc) is 2.65. The van der Waals surface area contributed by atoms with Crippen molar-refractivity contribution in [1.29, 1.82) is 0 Å². The van der Waals surface area contributed by atoms with Crippen LogP contribution < -0.4 is 0 Å². The summed E-state index contributed by atoms with van der Waals surface area (Å²) in [4.78, 5) is 5.82. The molecule has 6 unspecified atom stereocenters. The first-order valence-corrected chi connectivity index (χ1v) is 7.47. The second kappa shape index (κ2) is 3.68. The lowest BCUT2D eigenvalue weighted by Gasteiger charge is -2.16. The van der Waals surface area contributed by atoms with Gasteiger partial charge in [-0.25, -0.2) is 4.99 Å². The first-order valence-electron chi connectivity index (χ1n) is 6.19. The Hall–Kier alpha value is -0.630. The van der Waals surface area contributed by atoms with Crippen molar-refractivity contribution in [2.24, 2.45) is 28.7 Å². The van der Waals surface area contributed by atoms with Gasteiger partial charge in [-0.15, -0.1) is 11.8 Å². The lowest BCUT2D eigenvalue weighted by molar-refractivity contribution is 0.534. The van der Waals surface area contributed by atoms with Crippen molar-refractivity contribution in [2.75, 3.05) is 0 Å². The molecule has 0 saturated heterocycles. The smallest absolute Gasteiger partial charge is 0.0675 e. The van der Waals surface area contributed by atoms with Crippen molar-refractivity contribution in [3.05, 3.63) is 30.3 Å².